The van der Waals surface area contributed by atoms with Gasteiger partial charge in [-0.1, -0.05) is 37.1 Å². The van der Waals surface area contributed by atoms with Crippen LogP contribution < -0.4 is 9.47 Å². The third kappa shape index (κ3) is 6.84. The van der Waals surface area contributed by atoms with Crippen LogP contribution in [0.2, 0.25) is 5.02 Å². The predicted molar refractivity (Wildman–Crippen MR) is 131 cm³/mol. The molecular formula is C27H25ClN2O4. The third-order valence-electron chi connectivity index (χ3n) is 5.11. The number of benzene rings is 2. The van der Waals surface area contributed by atoms with Crippen molar-refractivity contribution in [1.82, 2.24) is 4.98 Å². The minimum Gasteiger partial charge on any atom is -0.487 e. The first-order valence-electron chi connectivity index (χ1n) is 10.9. The highest BCUT2D eigenvalue weighted by molar-refractivity contribution is 6.32. The van der Waals surface area contributed by atoms with Gasteiger partial charge in [-0.15, -0.1) is 0 Å². The van der Waals surface area contributed by atoms with E-state index in [0.717, 1.165) is 24.0 Å². The summed E-state index contributed by atoms with van der Waals surface area (Å²) in [5.41, 5.74) is 3.32. The summed E-state index contributed by atoms with van der Waals surface area (Å²) in [6, 6.07) is 16.2. The SMILES string of the molecule is CCCCC(=Cc1cc(C)c(Oc2ccc(OCc3ccc(C#N)cc3)cn2)cc1Cl)C(=O)O. The molecule has 1 N–H and O–H groups in total. The topological polar surface area (TPSA) is 92.4 Å². The first kappa shape index (κ1) is 24.8. The molecule has 0 saturated heterocycles. The van der Waals surface area contributed by atoms with E-state index in [4.69, 9.17) is 26.3 Å². The van der Waals surface area contributed by atoms with E-state index < -0.39 is 5.97 Å². The lowest BCUT2D eigenvalue weighted by atomic mass is 10.0. The number of aliphatic carboxylic acids is 1. The molecule has 7 heteroatoms. The molecule has 174 valence electrons. The standard InChI is InChI=1S/C27H25ClN2O4/c1-3-4-5-21(27(31)32)13-22-12-18(2)25(14-24(22)28)34-26-11-10-23(16-30-26)33-17-20-8-6-19(15-29)7-9-20/h6-14,16H,3-5,17H2,1-2H3,(H,31,32). The van der Waals surface area contributed by atoms with Gasteiger partial charge < -0.3 is 14.6 Å². The van der Waals surface area contributed by atoms with Crippen LogP contribution in [0.15, 0.2) is 60.3 Å². The van der Waals surface area contributed by atoms with E-state index in [-0.39, 0.29) is 0 Å². The Labute approximate surface area is 204 Å². The van der Waals surface area contributed by atoms with Gasteiger partial charge in [-0.25, -0.2) is 9.78 Å². The molecule has 0 atom stereocenters. The number of carboxylic acid groups (broad SMARTS) is 1. The Bertz CT molecular complexity index is 1210. The van der Waals surface area contributed by atoms with Crippen LogP contribution in [0.25, 0.3) is 6.08 Å². The van der Waals surface area contributed by atoms with E-state index >= 15 is 0 Å². The maximum absolute atomic E-state index is 11.5. The van der Waals surface area contributed by atoms with Crippen molar-refractivity contribution in [2.24, 2.45) is 0 Å². The highest BCUT2D eigenvalue weighted by atomic mass is 35.5. The van der Waals surface area contributed by atoms with Crippen LogP contribution in [-0.4, -0.2) is 16.1 Å². The predicted octanol–water partition coefficient (Wildman–Crippen LogP) is 6.94. The second-order valence-corrected chi connectivity index (χ2v) is 8.16. The van der Waals surface area contributed by atoms with Gasteiger partial charge in [0.15, 0.2) is 0 Å². The second-order valence-electron chi connectivity index (χ2n) is 7.75. The van der Waals surface area contributed by atoms with Crippen molar-refractivity contribution in [3.63, 3.8) is 0 Å². The van der Waals surface area contributed by atoms with Crippen molar-refractivity contribution in [3.05, 3.63) is 87.6 Å². The summed E-state index contributed by atoms with van der Waals surface area (Å²) >= 11 is 6.42. The second kappa shape index (κ2) is 11.9. The molecule has 0 aliphatic carbocycles. The van der Waals surface area contributed by atoms with Crippen molar-refractivity contribution >= 4 is 23.6 Å². The zero-order chi connectivity index (χ0) is 24.5. The Morgan fingerprint density at radius 2 is 1.97 bits per heavy atom. The third-order valence-corrected chi connectivity index (χ3v) is 5.44. The number of carbonyl (C=O) groups is 1. The number of aromatic nitrogens is 1. The average molecular weight is 477 g/mol. The van der Waals surface area contributed by atoms with Gasteiger partial charge in [-0.05, 0) is 66.8 Å². The molecule has 0 saturated carbocycles. The van der Waals surface area contributed by atoms with Crippen LogP contribution >= 0.6 is 11.6 Å². The van der Waals surface area contributed by atoms with Gasteiger partial charge in [-0.2, -0.15) is 5.26 Å². The number of pyridine rings is 1. The zero-order valence-electron chi connectivity index (χ0n) is 19.0. The monoisotopic (exact) mass is 476 g/mol. The molecule has 0 fully saturated rings. The summed E-state index contributed by atoms with van der Waals surface area (Å²) < 4.78 is 11.6. The van der Waals surface area contributed by atoms with Crippen LogP contribution in [0, 0.1) is 18.3 Å². The van der Waals surface area contributed by atoms with Crippen LogP contribution in [-0.2, 0) is 11.4 Å². The number of hydrogen-bond acceptors (Lipinski definition) is 5. The molecule has 1 aromatic heterocycles. The van der Waals surface area contributed by atoms with Crippen molar-refractivity contribution in [2.75, 3.05) is 0 Å². The Kier molecular flexibility index (Phi) is 8.66. The first-order chi connectivity index (χ1) is 16.4. The Morgan fingerprint density at radius 1 is 1.21 bits per heavy atom. The molecule has 0 bridgehead atoms. The van der Waals surface area contributed by atoms with Gasteiger partial charge in [-0.3, -0.25) is 0 Å². The summed E-state index contributed by atoms with van der Waals surface area (Å²) in [6.45, 7) is 4.24. The molecule has 0 spiro atoms. The first-order valence-corrected chi connectivity index (χ1v) is 11.3. The summed E-state index contributed by atoms with van der Waals surface area (Å²) in [4.78, 5) is 15.8. The zero-order valence-corrected chi connectivity index (χ0v) is 19.8. The maximum Gasteiger partial charge on any atom is 0.331 e. The van der Waals surface area contributed by atoms with Crippen LogP contribution in [0.1, 0.15) is 48.4 Å². The fourth-order valence-corrected chi connectivity index (χ4v) is 3.38. The van der Waals surface area contributed by atoms with Gasteiger partial charge >= 0.3 is 5.97 Å². The van der Waals surface area contributed by atoms with Crippen molar-refractivity contribution in [1.29, 1.82) is 5.26 Å². The molecule has 34 heavy (non-hydrogen) atoms. The quantitative estimate of drug-likeness (QED) is 0.318. The van der Waals surface area contributed by atoms with E-state index in [1.54, 1.807) is 42.6 Å². The van der Waals surface area contributed by atoms with E-state index in [0.29, 0.717) is 52.1 Å². The van der Waals surface area contributed by atoms with Crippen molar-refractivity contribution < 1.29 is 19.4 Å². The Balaban J connectivity index is 1.67. The van der Waals surface area contributed by atoms with E-state index in [1.807, 2.05) is 32.0 Å². The number of rotatable bonds is 10. The number of aryl methyl sites for hydroxylation is 1. The Morgan fingerprint density at radius 3 is 2.59 bits per heavy atom. The number of nitriles is 1. The molecular weight excluding hydrogens is 452 g/mol. The van der Waals surface area contributed by atoms with Crippen LogP contribution in [0.4, 0.5) is 0 Å². The van der Waals surface area contributed by atoms with Crippen LogP contribution in [0.3, 0.4) is 0 Å². The van der Waals surface area contributed by atoms with Gasteiger partial charge in [0.1, 0.15) is 18.1 Å². The summed E-state index contributed by atoms with van der Waals surface area (Å²) in [7, 11) is 0. The summed E-state index contributed by atoms with van der Waals surface area (Å²) in [5, 5.41) is 18.7. The number of halogens is 1. The fourth-order valence-electron chi connectivity index (χ4n) is 3.17. The number of hydrogen-bond donors (Lipinski definition) is 1. The van der Waals surface area contributed by atoms with Gasteiger partial charge in [0.25, 0.3) is 0 Å². The van der Waals surface area contributed by atoms with Crippen molar-refractivity contribution in [2.45, 2.75) is 39.7 Å². The van der Waals surface area contributed by atoms with E-state index in [2.05, 4.69) is 11.1 Å². The number of carboxylic acids is 1. The van der Waals surface area contributed by atoms with E-state index in [1.165, 1.54) is 0 Å². The molecule has 0 aliphatic heterocycles. The molecule has 3 aromatic rings. The molecule has 0 radical (unpaired) electrons. The lowest BCUT2D eigenvalue weighted by molar-refractivity contribution is -0.132. The minimum absolute atomic E-state index is 0.329. The Hall–Kier alpha value is -3.82. The summed E-state index contributed by atoms with van der Waals surface area (Å²) in [5.74, 6) is 0.558. The van der Waals surface area contributed by atoms with Gasteiger partial charge in [0, 0.05) is 17.7 Å². The highest BCUT2D eigenvalue weighted by Crippen LogP contribution is 2.32. The minimum atomic E-state index is -0.937. The van der Waals surface area contributed by atoms with Gasteiger partial charge in [0.05, 0.1) is 22.9 Å². The lowest BCUT2D eigenvalue weighted by Crippen LogP contribution is -2.01. The normalized spacial score (nSPS) is 11.1. The average Bonchev–Trinajstić information content (AvgIpc) is 2.84. The van der Waals surface area contributed by atoms with Gasteiger partial charge in [0.2, 0.25) is 5.88 Å². The molecule has 1 heterocycles. The fraction of sp³-hybridized carbons (Fsp3) is 0.222. The lowest BCUT2D eigenvalue weighted by Gasteiger charge is -2.12. The number of unbranched alkanes of at least 4 members (excludes halogenated alkanes) is 1. The smallest absolute Gasteiger partial charge is 0.331 e. The van der Waals surface area contributed by atoms with E-state index in [9.17, 15) is 9.90 Å². The number of ether oxygens (including phenoxy) is 2. The number of nitrogens with zero attached hydrogens (tertiary/aromatic N) is 2. The molecule has 0 aliphatic rings. The molecule has 6 nitrogen and oxygen atoms in total. The molecule has 2 aromatic carbocycles. The van der Waals surface area contributed by atoms with Crippen molar-refractivity contribution in [3.8, 4) is 23.4 Å². The highest BCUT2D eigenvalue weighted by Gasteiger charge is 2.12. The molecule has 0 amide bonds. The molecule has 0 unspecified atom stereocenters. The largest absolute Gasteiger partial charge is 0.487 e. The summed E-state index contributed by atoms with van der Waals surface area (Å²) in [6.07, 6.45) is 5.39. The maximum atomic E-state index is 11.5. The van der Waals surface area contributed by atoms with Crippen LogP contribution in [0.5, 0.6) is 17.4 Å². The molecule has 3 rings (SSSR count).